The number of pyridine rings is 1. The minimum absolute atomic E-state index is 0.234. The Balaban J connectivity index is 1.96. The lowest BCUT2D eigenvalue weighted by molar-refractivity contribution is 0.252. The van der Waals surface area contributed by atoms with Crippen LogP contribution in [0, 0.1) is 13.8 Å². The van der Waals surface area contributed by atoms with Gasteiger partial charge in [-0.05, 0) is 32.4 Å². The first-order valence-corrected chi connectivity index (χ1v) is 8.01. The van der Waals surface area contributed by atoms with Gasteiger partial charge in [0.25, 0.3) is 0 Å². The first-order chi connectivity index (χ1) is 11.6. The Morgan fingerprint density at radius 2 is 1.92 bits per heavy atom. The number of amides is 2. The van der Waals surface area contributed by atoms with Gasteiger partial charge in [-0.3, -0.25) is 0 Å². The molecule has 0 fully saturated rings. The summed E-state index contributed by atoms with van der Waals surface area (Å²) in [4.78, 5) is 21.0. The van der Waals surface area contributed by atoms with E-state index in [1.807, 2.05) is 45.0 Å². The van der Waals surface area contributed by atoms with Crippen LogP contribution in [0.4, 0.5) is 10.5 Å². The van der Waals surface area contributed by atoms with E-state index in [1.165, 1.54) is 5.56 Å². The molecule has 0 bridgehead atoms. The zero-order valence-electron chi connectivity index (χ0n) is 14.1. The number of aromatic nitrogens is 3. The second-order valence-electron chi connectivity index (χ2n) is 5.68. The van der Waals surface area contributed by atoms with Gasteiger partial charge in [0.05, 0.1) is 17.9 Å². The van der Waals surface area contributed by atoms with Crippen LogP contribution in [0.5, 0.6) is 0 Å². The number of anilines is 1. The highest BCUT2D eigenvalue weighted by Crippen LogP contribution is 2.22. The summed E-state index contributed by atoms with van der Waals surface area (Å²) in [7, 11) is 0. The van der Waals surface area contributed by atoms with Gasteiger partial charge in [0.15, 0.2) is 5.65 Å². The highest BCUT2D eigenvalue weighted by Gasteiger charge is 2.13. The average Bonchev–Trinajstić information content (AvgIpc) is 2.84. The quantitative estimate of drug-likeness (QED) is 0.774. The molecule has 0 radical (unpaired) electrons. The largest absolute Gasteiger partial charge is 0.338 e. The summed E-state index contributed by atoms with van der Waals surface area (Å²) >= 11 is 0. The maximum Gasteiger partial charge on any atom is 0.319 e. The molecule has 24 heavy (non-hydrogen) atoms. The molecule has 2 aromatic heterocycles. The molecular formula is C18H21N5O. The molecule has 0 spiro atoms. The second-order valence-corrected chi connectivity index (χ2v) is 5.68. The number of urea groups is 1. The van der Waals surface area contributed by atoms with Gasteiger partial charge >= 0.3 is 6.03 Å². The van der Waals surface area contributed by atoms with Crippen molar-refractivity contribution in [3.63, 3.8) is 0 Å². The molecule has 0 unspecified atom stereocenters. The fraction of sp³-hybridized carbons (Fsp3) is 0.278. The average molecular weight is 323 g/mol. The fourth-order valence-corrected chi connectivity index (χ4v) is 2.66. The van der Waals surface area contributed by atoms with Gasteiger partial charge in [0, 0.05) is 6.54 Å². The van der Waals surface area contributed by atoms with E-state index in [-0.39, 0.29) is 6.03 Å². The Labute approximate surface area is 140 Å². The normalized spacial score (nSPS) is 10.8. The summed E-state index contributed by atoms with van der Waals surface area (Å²) < 4.78 is 2.09. The summed E-state index contributed by atoms with van der Waals surface area (Å²) in [6.07, 6.45) is 0. The number of imidazole rings is 1. The van der Waals surface area contributed by atoms with Crippen molar-refractivity contribution < 1.29 is 4.79 Å². The number of carbonyl (C=O) groups excluding carboxylic acids is 1. The highest BCUT2D eigenvalue weighted by atomic mass is 16.2. The maximum atomic E-state index is 11.7. The molecule has 3 aromatic rings. The van der Waals surface area contributed by atoms with Crippen molar-refractivity contribution >= 4 is 22.9 Å². The monoisotopic (exact) mass is 323 g/mol. The molecular weight excluding hydrogens is 302 g/mol. The Kier molecular flexibility index (Phi) is 4.46. The number of carbonyl (C=O) groups is 1. The number of aryl methyl sites for hydroxylation is 2. The zero-order valence-corrected chi connectivity index (χ0v) is 14.1. The predicted octanol–water partition coefficient (Wildman–Crippen LogP) is 3.24. The zero-order chi connectivity index (χ0) is 17.1. The first-order valence-electron chi connectivity index (χ1n) is 8.01. The van der Waals surface area contributed by atoms with Gasteiger partial charge in [0.2, 0.25) is 0 Å². The highest BCUT2D eigenvalue weighted by molar-refractivity contribution is 5.92. The Morgan fingerprint density at radius 3 is 2.62 bits per heavy atom. The molecule has 0 saturated carbocycles. The Bertz CT molecular complexity index is 870. The SMILES string of the molecule is CCNC(=O)Nc1cc2nc(C)n(Cc3ccccc3)c2nc1C. The molecule has 1 aromatic carbocycles. The lowest BCUT2D eigenvalue weighted by Gasteiger charge is -2.10. The molecule has 3 rings (SSSR count). The smallest absolute Gasteiger partial charge is 0.319 e. The van der Waals surface area contributed by atoms with Crippen LogP contribution >= 0.6 is 0 Å². The number of rotatable bonds is 4. The lowest BCUT2D eigenvalue weighted by Crippen LogP contribution is -2.28. The van der Waals surface area contributed by atoms with E-state index in [4.69, 9.17) is 0 Å². The van der Waals surface area contributed by atoms with Gasteiger partial charge in [-0.1, -0.05) is 30.3 Å². The van der Waals surface area contributed by atoms with Crippen LogP contribution in [0.3, 0.4) is 0 Å². The van der Waals surface area contributed by atoms with Crippen LogP contribution in [-0.4, -0.2) is 27.1 Å². The lowest BCUT2D eigenvalue weighted by atomic mass is 10.2. The Hall–Kier alpha value is -2.89. The third-order valence-corrected chi connectivity index (χ3v) is 3.87. The van der Waals surface area contributed by atoms with Crippen LogP contribution in [-0.2, 0) is 6.54 Å². The van der Waals surface area contributed by atoms with Crippen LogP contribution in [0.1, 0.15) is 24.0 Å². The molecule has 2 N–H and O–H groups in total. The van der Waals surface area contributed by atoms with Crippen molar-refractivity contribution in [1.29, 1.82) is 0 Å². The van der Waals surface area contributed by atoms with Gasteiger partial charge < -0.3 is 15.2 Å². The summed E-state index contributed by atoms with van der Waals surface area (Å²) in [6, 6.07) is 11.9. The Morgan fingerprint density at radius 1 is 1.17 bits per heavy atom. The van der Waals surface area contributed by atoms with Gasteiger partial charge in [-0.15, -0.1) is 0 Å². The number of hydrogen-bond donors (Lipinski definition) is 2. The number of nitrogens with zero attached hydrogens (tertiary/aromatic N) is 3. The molecule has 6 nitrogen and oxygen atoms in total. The fourth-order valence-electron chi connectivity index (χ4n) is 2.66. The molecule has 0 saturated heterocycles. The third-order valence-electron chi connectivity index (χ3n) is 3.87. The molecule has 124 valence electrons. The summed E-state index contributed by atoms with van der Waals surface area (Å²) in [6.45, 7) is 7.03. The summed E-state index contributed by atoms with van der Waals surface area (Å²) in [5, 5.41) is 5.53. The first kappa shape index (κ1) is 16.0. The number of benzene rings is 1. The van der Waals surface area contributed by atoms with E-state index >= 15 is 0 Å². The van der Waals surface area contributed by atoms with Crippen molar-refractivity contribution in [1.82, 2.24) is 19.9 Å². The number of hydrogen-bond acceptors (Lipinski definition) is 3. The van der Waals surface area contributed by atoms with E-state index in [0.717, 1.165) is 29.2 Å². The van der Waals surface area contributed by atoms with Crippen LogP contribution < -0.4 is 10.6 Å². The second kappa shape index (κ2) is 6.70. The molecule has 6 heteroatoms. The van der Waals surface area contributed by atoms with E-state index in [9.17, 15) is 4.79 Å². The minimum Gasteiger partial charge on any atom is -0.338 e. The van der Waals surface area contributed by atoms with E-state index in [0.29, 0.717) is 12.2 Å². The van der Waals surface area contributed by atoms with Crippen molar-refractivity contribution in [3.05, 3.63) is 53.5 Å². The number of nitrogens with one attached hydrogen (secondary N) is 2. The van der Waals surface area contributed by atoms with Crippen molar-refractivity contribution in [2.45, 2.75) is 27.3 Å². The van der Waals surface area contributed by atoms with Gasteiger partial charge in [-0.2, -0.15) is 0 Å². The topological polar surface area (TPSA) is 71.8 Å². The summed E-state index contributed by atoms with van der Waals surface area (Å²) in [5.41, 5.74) is 4.25. The number of fused-ring (bicyclic) bond motifs is 1. The van der Waals surface area contributed by atoms with E-state index in [2.05, 4.69) is 37.3 Å². The van der Waals surface area contributed by atoms with Gasteiger partial charge in [-0.25, -0.2) is 14.8 Å². The standard InChI is InChI=1S/C18H21N5O/c1-4-19-18(24)22-15-10-16-17(20-12(15)2)23(13(3)21-16)11-14-8-6-5-7-9-14/h5-10H,4,11H2,1-3H3,(H2,19,22,24). The maximum absolute atomic E-state index is 11.7. The van der Waals surface area contributed by atoms with Crippen molar-refractivity contribution in [2.75, 3.05) is 11.9 Å². The predicted molar refractivity (Wildman–Crippen MR) is 95.2 cm³/mol. The molecule has 0 aliphatic carbocycles. The van der Waals surface area contributed by atoms with Crippen molar-refractivity contribution in [3.8, 4) is 0 Å². The van der Waals surface area contributed by atoms with E-state index < -0.39 is 0 Å². The summed E-state index contributed by atoms with van der Waals surface area (Å²) in [5.74, 6) is 0.899. The van der Waals surface area contributed by atoms with Crippen LogP contribution in [0.25, 0.3) is 11.2 Å². The van der Waals surface area contributed by atoms with Crippen LogP contribution in [0.15, 0.2) is 36.4 Å². The molecule has 0 aliphatic heterocycles. The van der Waals surface area contributed by atoms with Crippen LogP contribution in [0.2, 0.25) is 0 Å². The minimum atomic E-state index is -0.234. The molecule has 2 heterocycles. The van der Waals surface area contributed by atoms with Crippen molar-refractivity contribution in [2.24, 2.45) is 0 Å². The third kappa shape index (κ3) is 3.22. The molecule has 2 amide bonds. The van der Waals surface area contributed by atoms with E-state index in [1.54, 1.807) is 0 Å². The molecule has 0 aliphatic rings. The van der Waals surface area contributed by atoms with Gasteiger partial charge in [0.1, 0.15) is 11.3 Å². The molecule has 0 atom stereocenters.